The van der Waals surface area contributed by atoms with Crippen LogP contribution in [0.15, 0.2) is 103 Å². The molecule has 1 heterocycles. The molecule has 1 atom stereocenters. The Kier molecular flexibility index (Phi) is 8.42. The highest BCUT2D eigenvalue weighted by Gasteiger charge is 2.20. The fraction of sp³-hybridized carbons (Fsp3) is 0.250. The lowest BCUT2D eigenvalue weighted by molar-refractivity contribution is 0.0764. The number of benzene rings is 4. The van der Waals surface area contributed by atoms with E-state index in [9.17, 15) is 0 Å². The number of rotatable bonds is 11. The van der Waals surface area contributed by atoms with Crippen LogP contribution >= 0.6 is 0 Å². The van der Waals surface area contributed by atoms with Crippen molar-refractivity contribution in [3.63, 3.8) is 0 Å². The molecular formula is C32H33NO3. The summed E-state index contributed by atoms with van der Waals surface area (Å²) >= 11 is 0. The van der Waals surface area contributed by atoms with E-state index in [4.69, 9.17) is 14.2 Å². The molecule has 4 heteroatoms. The molecule has 1 aliphatic rings. The minimum absolute atomic E-state index is 0.0127. The van der Waals surface area contributed by atoms with Gasteiger partial charge in [-0.25, -0.2) is 0 Å². The summed E-state index contributed by atoms with van der Waals surface area (Å²) in [5.41, 5.74) is 4.80. The molecule has 36 heavy (non-hydrogen) atoms. The maximum Gasteiger partial charge on any atom is 0.119 e. The van der Waals surface area contributed by atoms with Crippen molar-refractivity contribution >= 4 is 16.3 Å². The van der Waals surface area contributed by atoms with Gasteiger partial charge in [0.15, 0.2) is 0 Å². The van der Waals surface area contributed by atoms with Crippen LogP contribution in [0.3, 0.4) is 0 Å². The van der Waals surface area contributed by atoms with Gasteiger partial charge in [0, 0.05) is 19.5 Å². The van der Waals surface area contributed by atoms with Crippen molar-refractivity contribution < 1.29 is 14.2 Å². The first kappa shape index (κ1) is 24.3. The van der Waals surface area contributed by atoms with Crippen molar-refractivity contribution in [2.24, 2.45) is 0 Å². The number of nitrogens with one attached hydrogen (secondary N) is 1. The monoisotopic (exact) mass is 479 g/mol. The van der Waals surface area contributed by atoms with Crippen LogP contribution in [0.5, 0.6) is 5.75 Å². The van der Waals surface area contributed by atoms with E-state index < -0.39 is 0 Å². The molecule has 0 unspecified atom stereocenters. The van der Waals surface area contributed by atoms with Crippen molar-refractivity contribution in [3.05, 3.63) is 120 Å². The molecule has 0 spiro atoms. The van der Waals surface area contributed by atoms with Crippen molar-refractivity contribution in [2.75, 3.05) is 26.3 Å². The molecule has 5 rings (SSSR count). The van der Waals surface area contributed by atoms with Gasteiger partial charge in [0.2, 0.25) is 0 Å². The Bertz CT molecular complexity index is 1270. The summed E-state index contributed by atoms with van der Waals surface area (Å²) in [5.74, 6) is 0.880. The third-order valence-corrected chi connectivity index (χ3v) is 6.41. The van der Waals surface area contributed by atoms with Crippen LogP contribution < -0.4 is 10.1 Å². The first-order valence-corrected chi connectivity index (χ1v) is 12.7. The summed E-state index contributed by atoms with van der Waals surface area (Å²) in [4.78, 5) is 0. The summed E-state index contributed by atoms with van der Waals surface area (Å²) in [5, 5.41) is 5.93. The predicted octanol–water partition coefficient (Wildman–Crippen LogP) is 6.40. The zero-order valence-corrected chi connectivity index (χ0v) is 20.6. The summed E-state index contributed by atoms with van der Waals surface area (Å²) < 4.78 is 18.0. The quantitative estimate of drug-likeness (QED) is 0.253. The van der Waals surface area contributed by atoms with Crippen molar-refractivity contribution in [1.29, 1.82) is 0 Å². The lowest BCUT2D eigenvalue weighted by Gasteiger charge is -2.26. The van der Waals surface area contributed by atoms with Gasteiger partial charge in [-0.1, -0.05) is 84.9 Å². The summed E-state index contributed by atoms with van der Waals surface area (Å²) in [7, 11) is 0. The molecule has 0 radical (unpaired) electrons. The minimum Gasteiger partial charge on any atom is -0.494 e. The van der Waals surface area contributed by atoms with Crippen molar-refractivity contribution in [3.8, 4) is 5.75 Å². The highest BCUT2D eigenvalue weighted by molar-refractivity contribution is 5.83. The van der Waals surface area contributed by atoms with Crippen LogP contribution in [0.25, 0.3) is 16.3 Å². The highest BCUT2D eigenvalue weighted by atomic mass is 16.5. The fourth-order valence-electron chi connectivity index (χ4n) is 4.47. The molecule has 0 saturated carbocycles. The van der Waals surface area contributed by atoms with E-state index in [1.165, 1.54) is 33.0 Å². The Morgan fingerprint density at radius 3 is 2.39 bits per heavy atom. The largest absolute Gasteiger partial charge is 0.494 e. The zero-order valence-electron chi connectivity index (χ0n) is 20.6. The summed E-state index contributed by atoms with van der Waals surface area (Å²) in [6, 6.07) is 33.6. The van der Waals surface area contributed by atoms with Crippen molar-refractivity contribution in [2.45, 2.75) is 25.7 Å². The Balaban J connectivity index is 1.10. The predicted molar refractivity (Wildman–Crippen MR) is 146 cm³/mol. The van der Waals surface area contributed by atoms with Crippen LogP contribution in [0, 0.1) is 0 Å². The molecule has 0 saturated heterocycles. The molecule has 4 nitrogen and oxygen atoms in total. The van der Waals surface area contributed by atoms with Gasteiger partial charge < -0.3 is 19.5 Å². The average molecular weight is 480 g/mol. The van der Waals surface area contributed by atoms with Crippen LogP contribution in [-0.4, -0.2) is 32.4 Å². The number of hydrogen-bond donors (Lipinski definition) is 1. The third-order valence-electron chi connectivity index (χ3n) is 6.41. The van der Waals surface area contributed by atoms with Gasteiger partial charge >= 0.3 is 0 Å². The Labute approximate surface area is 213 Å². The molecule has 4 aromatic rings. The standard InChI is InChI=1S/C32H33NO3/c1-2-7-25(8-3-1)23-34-19-6-20-35-30-15-13-28(14-16-30)31-17-18-33-22-32(31)36-24-26-11-12-27-9-4-5-10-29(27)21-26/h1-5,7-17,21,32-33H,6,18-20,22-24H2/t32-/m1/s1. The first-order chi connectivity index (χ1) is 17.8. The van der Waals surface area contributed by atoms with Gasteiger partial charge in [-0.15, -0.1) is 0 Å². The lowest BCUT2D eigenvalue weighted by Crippen LogP contribution is -2.34. The van der Waals surface area contributed by atoms with Crippen LogP contribution in [0.1, 0.15) is 23.1 Å². The molecule has 184 valence electrons. The smallest absolute Gasteiger partial charge is 0.119 e. The average Bonchev–Trinajstić information content (AvgIpc) is 2.95. The van der Waals surface area contributed by atoms with Crippen molar-refractivity contribution in [1.82, 2.24) is 5.32 Å². The van der Waals surface area contributed by atoms with Crippen LogP contribution in [0.4, 0.5) is 0 Å². The Morgan fingerprint density at radius 1 is 0.722 bits per heavy atom. The number of ether oxygens (including phenoxy) is 3. The van der Waals surface area contributed by atoms with E-state index >= 15 is 0 Å². The first-order valence-electron chi connectivity index (χ1n) is 12.7. The number of fused-ring (bicyclic) bond motifs is 1. The molecule has 0 amide bonds. The maximum atomic E-state index is 6.37. The Morgan fingerprint density at radius 2 is 1.53 bits per heavy atom. The molecule has 1 N–H and O–H groups in total. The van der Waals surface area contributed by atoms with Crippen LogP contribution in [-0.2, 0) is 22.7 Å². The fourth-order valence-corrected chi connectivity index (χ4v) is 4.47. The molecule has 0 bridgehead atoms. The molecule has 4 aromatic carbocycles. The highest BCUT2D eigenvalue weighted by Crippen LogP contribution is 2.26. The van der Waals surface area contributed by atoms with Crippen LogP contribution in [0.2, 0.25) is 0 Å². The van der Waals surface area contributed by atoms with E-state index in [1.807, 2.05) is 30.3 Å². The third kappa shape index (κ3) is 6.61. The SMILES string of the molecule is C1=C(c2ccc(OCCCOCc3ccccc3)cc2)[C@H](OCc2ccc3ccccc3c2)CNC1. The Hall–Kier alpha value is -3.44. The second kappa shape index (κ2) is 12.5. The topological polar surface area (TPSA) is 39.7 Å². The van der Waals surface area contributed by atoms with Gasteiger partial charge in [-0.05, 0) is 51.2 Å². The minimum atomic E-state index is 0.0127. The summed E-state index contributed by atoms with van der Waals surface area (Å²) in [6.07, 6.45) is 3.10. The molecule has 0 fully saturated rings. The maximum absolute atomic E-state index is 6.37. The second-order valence-electron chi connectivity index (χ2n) is 9.06. The van der Waals surface area contributed by atoms with E-state index in [0.29, 0.717) is 26.4 Å². The van der Waals surface area contributed by atoms with Gasteiger partial charge in [-0.3, -0.25) is 0 Å². The van der Waals surface area contributed by atoms with E-state index in [2.05, 4.69) is 78.1 Å². The van der Waals surface area contributed by atoms with E-state index in [1.54, 1.807) is 0 Å². The lowest BCUT2D eigenvalue weighted by atomic mass is 9.97. The number of hydrogen-bond acceptors (Lipinski definition) is 4. The van der Waals surface area contributed by atoms with E-state index in [0.717, 1.165) is 25.3 Å². The second-order valence-corrected chi connectivity index (χ2v) is 9.06. The molecular weight excluding hydrogens is 446 g/mol. The molecule has 1 aliphatic heterocycles. The van der Waals surface area contributed by atoms with E-state index in [-0.39, 0.29) is 6.10 Å². The zero-order chi connectivity index (χ0) is 24.4. The normalized spacial score (nSPS) is 15.6. The van der Waals surface area contributed by atoms with Gasteiger partial charge in [0.25, 0.3) is 0 Å². The van der Waals surface area contributed by atoms with Gasteiger partial charge in [0.1, 0.15) is 5.75 Å². The van der Waals surface area contributed by atoms with Gasteiger partial charge in [0.05, 0.1) is 32.5 Å². The van der Waals surface area contributed by atoms with Gasteiger partial charge in [-0.2, -0.15) is 0 Å². The summed E-state index contributed by atoms with van der Waals surface area (Å²) in [6.45, 7) is 4.21. The molecule has 0 aliphatic carbocycles. The molecule has 0 aromatic heterocycles.